The molecule has 0 aliphatic carbocycles. The molecule has 9 heteroatoms. The van der Waals surface area contributed by atoms with Gasteiger partial charge in [0.1, 0.15) is 5.75 Å². The molecule has 2 aromatic rings. The van der Waals surface area contributed by atoms with E-state index in [1.165, 1.54) is 30.5 Å². The number of carbonyl (C=O) groups excluding carboxylic acids is 1. The van der Waals surface area contributed by atoms with Gasteiger partial charge in [-0.05, 0) is 23.8 Å². The van der Waals surface area contributed by atoms with Crippen molar-refractivity contribution in [2.75, 3.05) is 6.61 Å². The molecule has 0 spiro atoms. The molecule has 1 amide bonds. The molecule has 0 radical (unpaired) electrons. The molecule has 1 atom stereocenters. The van der Waals surface area contributed by atoms with Crippen LogP contribution >= 0.6 is 0 Å². The minimum Gasteiger partial charge on any atom is -0.406 e. The van der Waals surface area contributed by atoms with Crippen LogP contribution in [-0.4, -0.2) is 29.0 Å². The number of alkyl halides is 3. The first kappa shape index (κ1) is 17.5. The number of aliphatic hydroxyl groups is 1. The van der Waals surface area contributed by atoms with Crippen LogP contribution in [0, 0.1) is 0 Å². The second-order valence-corrected chi connectivity index (χ2v) is 4.77. The third-order valence-electron chi connectivity index (χ3n) is 3.05. The number of amides is 1. The minimum absolute atomic E-state index is 0.171. The zero-order valence-electron chi connectivity index (χ0n) is 12.1. The molecular weight excluding hydrogens is 329 g/mol. The van der Waals surface area contributed by atoms with Crippen molar-refractivity contribution in [3.05, 3.63) is 64.1 Å². The standard InChI is InChI=1S/C15H13F3N2O4/c16-15(17,18)24-11-4-1-9(2-5-11)12(8-21)20-14(23)10-3-6-13(22)19-7-10/h1-7,12,21H,8H2,(H,19,22)(H,20,23). The van der Waals surface area contributed by atoms with Gasteiger partial charge < -0.3 is 20.1 Å². The Morgan fingerprint density at radius 3 is 2.38 bits per heavy atom. The Kier molecular flexibility index (Phi) is 5.24. The zero-order valence-corrected chi connectivity index (χ0v) is 12.1. The summed E-state index contributed by atoms with van der Waals surface area (Å²) >= 11 is 0. The van der Waals surface area contributed by atoms with Crippen molar-refractivity contribution in [3.63, 3.8) is 0 Å². The average Bonchev–Trinajstić information content (AvgIpc) is 2.52. The Morgan fingerprint density at radius 2 is 1.88 bits per heavy atom. The number of hydrogen-bond donors (Lipinski definition) is 3. The molecule has 1 aromatic heterocycles. The number of aliphatic hydroxyl groups excluding tert-OH is 1. The predicted octanol–water partition coefficient (Wildman–Crippen LogP) is 1.74. The maximum atomic E-state index is 12.1. The van der Waals surface area contributed by atoms with Crippen LogP contribution in [0.2, 0.25) is 0 Å². The third-order valence-corrected chi connectivity index (χ3v) is 3.05. The maximum absolute atomic E-state index is 12.1. The number of hydrogen-bond acceptors (Lipinski definition) is 4. The highest BCUT2D eigenvalue weighted by Crippen LogP contribution is 2.24. The second kappa shape index (κ2) is 7.18. The molecule has 0 bridgehead atoms. The fraction of sp³-hybridized carbons (Fsp3) is 0.200. The van der Waals surface area contributed by atoms with Gasteiger partial charge in [-0.3, -0.25) is 9.59 Å². The van der Waals surface area contributed by atoms with Crippen LogP contribution in [0.4, 0.5) is 13.2 Å². The Hall–Kier alpha value is -2.81. The fourth-order valence-corrected chi connectivity index (χ4v) is 1.93. The fourth-order valence-electron chi connectivity index (χ4n) is 1.93. The molecular formula is C15H13F3N2O4. The van der Waals surface area contributed by atoms with E-state index in [2.05, 4.69) is 15.0 Å². The van der Waals surface area contributed by atoms with Crippen molar-refractivity contribution < 1.29 is 27.8 Å². The summed E-state index contributed by atoms with van der Waals surface area (Å²) in [4.78, 5) is 25.3. The highest BCUT2D eigenvalue weighted by atomic mass is 19.4. The smallest absolute Gasteiger partial charge is 0.406 e. The molecule has 128 valence electrons. The number of aromatic nitrogens is 1. The number of nitrogens with one attached hydrogen (secondary N) is 2. The Balaban J connectivity index is 2.09. The monoisotopic (exact) mass is 342 g/mol. The summed E-state index contributed by atoms with van der Waals surface area (Å²) in [5, 5.41) is 11.9. The average molecular weight is 342 g/mol. The molecule has 0 fully saturated rings. The molecule has 1 aromatic carbocycles. The number of H-pyrrole nitrogens is 1. The van der Waals surface area contributed by atoms with Crippen LogP contribution in [-0.2, 0) is 0 Å². The largest absolute Gasteiger partial charge is 0.573 e. The van der Waals surface area contributed by atoms with Gasteiger partial charge in [0.2, 0.25) is 5.56 Å². The summed E-state index contributed by atoms with van der Waals surface area (Å²) in [5.74, 6) is -0.962. The number of aromatic amines is 1. The van der Waals surface area contributed by atoms with Crippen molar-refractivity contribution in [2.24, 2.45) is 0 Å². The second-order valence-electron chi connectivity index (χ2n) is 4.77. The SMILES string of the molecule is O=C(NC(CO)c1ccc(OC(F)(F)F)cc1)c1ccc(=O)[nH]c1. The third kappa shape index (κ3) is 4.85. The lowest BCUT2D eigenvalue weighted by Gasteiger charge is -2.17. The number of ether oxygens (including phenoxy) is 1. The van der Waals surface area contributed by atoms with E-state index < -0.39 is 30.7 Å². The molecule has 0 aliphatic heterocycles. The predicted molar refractivity (Wildman–Crippen MR) is 77.5 cm³/mol. The summed E-state index contributed by atoms with van der Waals surface area (Å²) in [7, 11) is 0. The van der Waals surface area contributed by atoms with Gasteiger partial charge in [-0.25, -0.2) is 0 Å². The van der Waals surface area contributed by atoms with Gasteiger partial charge in [0.05, 0.1) is 18.2 Å². The van der Waals surface area contributed by atoms with Gasteiger partial charge in [-0.15, -0.1) is 13.2 Å². The molecule has 24 heavy (non-hydrogen) atoms. The van der Waals surface area contributed by atoms with E-state index in [0.29, 0.717) is 5.56 Å². The van der Waals surface area contributed by atoms with Crippen LogP contribution in [0.1, 0.15) is 22.0 Å². The van der Waals surface area contributed by atoms with Crippen LogP contribution < -0.4 is 15.6 Å². The molecule has 2 rings (SSSR count). The lowest BCUT2D eigenvalue weighted by molar-refractivity contribution is -0.274. The summed E-state index contributed by atoms with van der Waals surface area (Å²) in [5.41, 5.74) is 0.195. The lowest BCUT2D eigenvalue weighted by atomic mass is 10.1. The highest BCUT2D eigenvalue weighted by Gasteiger charge is 2.31. The maximum Gasteiger partial charge on any atom is 0.573 e. The van der Waals surface area contributed by atoms with E-state index in [1.807, 2.05) is 0 Å². The highest BCUT2D eigenvalue weighted by molar-refractivity contribution is 5.94. The van der Waals surface area contributed by atoms with E-state index in [0.717, 1.165) is 12.1 Å². The summed E-state index contributed by atoms with van der Waals surface area (Å²) in [6.45, 7) is -0.464. The molecule has 0 saturated carbocycles. The number of pyridine rings is 1. The first-order valence-corrected chi connectivity index (χ1v) is 6.74. The van der Waals surface area contributed by atoms with Gasteiger partial charge in [-0.2, -0.15) is 0 Å². The summed E-state index contributed by atoms with van der Waals surface area (Å²) in [6, 6.07) is 6.42. The summed E-state index contributed by atoms with van der Waals surface area (Å²) in [6.07, 6.45) is -3.58. The Morgan fingerprint density at radius 1 is 1.21 bits per heavy atom. The van der Waals surface area contributed by atoms with Crippen molar-refractivity contribution >= 4 is 5.91 Å². The lowest BCUT2D eigenvalue weighted by Crippen LogP contribution is -2.31. The van der Waals surface area contributed by atoms with Gasteiger partial charge in [0.15, 0.2) is 0 Å². The van der Waals surface area contributed by atoms with Gasteiger partial charge in [-0.1, -0.05) is 12.1 Å². The Labute approximate surface area is 133 Å². The topological polar surface area (TPSA) is 91.4 Å². The van der Waals surface area contributed by atoms with Gasteiger partial charge in [0, 0.05) is 12.3 Å². The van der Waals surface area contributed by atoms with Gasteiger partial charge >= 0.3 is 6.36 Å². The van der Waals surface area contributed by atoms with Crippen LogP contribution in [0.3, 0.4) is 0 Å². The zero-order chi connectivity index (χ0) is 17.7. The molecule has 3 N–H and O–H groups in total. The first-order chi connectivity index (χ1) is 11.3. The number of benzene rings is 1. The number of rotatable bonds is 5. The van der Waals surface area contributed by atoms with Crippen molar-refractivity contribution in [1.82, 2.24) is 10.3 Å². The van der Waals surface area contributed by atoms with E-state index in [9.17, 15) is 27.9 Å². The summed E-state index contributed by atoms with van der Waals surface area (Å²) < 4.78 is 40.1. The van der Waals surface area contributed by atoms with E-state index in [4.69, 9.17) is 0 Å². The molecule has 0 saturated heterocycles. The van der Waals surface area contributed by atoms with Crippen LogP contribution in [0.25, 0.3) is 0 Å². The molecule has 6 nitrogen and oxygen atoms in total. The van der Waals surface area contributed by atoms with Crippen molar-refractivity contribution in [2.45, 2.75) is 12.4 Å². The van der Waals surface area contributed by atoms with E-state index in [1.54, 1.807) is 0 Å². The van der Waals surface area contributed by atoms with E-state index >= 15 is 0 Å². The minimum atomic E-state index is -4.80. The van der Waals surface area contributed by atoms with Crippen molar-refractivity contribution in [3.8, 4) is 5.75 Å². The number of halogens is 3. The van der Waals surface area contributed by atoms with Gasteiger partial charge in [0.25, 0.3) is 5.91 Å². The van der Waals surface area contributed by atoms with Crippen LogP contribution in [0.5, 0.6) is 5.75 Å². The molecule has 1 heterocycles. The molecule has 0 aliphatic rings. The quantitative estimate of drug-likeness (QED) is 0.772. The normalized spacial score (nSPS) is 12.5. The molecule has 1 unspecified atom stereocenters. The van der Waals surface area contributed by atoms with Crippen molar-refractivity contribution in [1.29, 1.82) is 0 Å². The van der Waals surface area contributed by atoms with E-state index in [-0.39, 0.29) is 11.1 Å². The Bertz CT molecular complexity index is 736. The number of carbonyl (C=O) groups is 1. The van der Waals surface area contributed by atoms with Crippen LogP contribution in [0.15, 0.2) is 47.4 Å². The first-order valence-electron chi connectivity index (χ1n) is 6.74.